The number of imide groups is 1. The minimum Gasteiger partial charge on any atom is -0.452 e. The Morgan fingerprint density at radius 1 is 1.32 bits per heavy atom. The van der Waals surface area contributed by atoms with Gasteiger partial charge in [-0.2, -0.15) is 0 Å². The first-order valence-electron chi connectivity index (χ1n) is 8.14. The van der Waals surface area contributed by atoms with Crippen LogP contribution in [0.4, 0.5) is 4.79 Å². The van der Waals surface area contributed by atoms with Crippen LogP contribution in [0.25, 0.3) is 6.08 Å². The molecule has 0 radical (unpaired) electrons. The number of halogens is 1. The maximum atomic E-state index is 11.8. The molecule has 1 aliphatic carbocycles. The van der Waals surface area contributed by atoms with Gasteiger partial charge in [-0.25, -0.2) is 9.59 Å². The molecule has 1 heterocycles. The zero-order chi connectivity index (χ0) is 18.2. The zero-order valence-corrected chi connectivity index (χ0v) is 15.5. The number of hydrogen-bond donors (Lipinski definition) is 2. The van der Waals surface area contributed by atoms with Gasteiger partial charge in [0.05, 0.1) is 0 Å². The maximum absolute atomic E-state index is 11.8. The van der Waals surface area contributed by atoms with Gasteiger partial charge in [-0.1, -0.05) is 19.8 Å². The summed E-state index contributed by atoms with van der Waals surface area (Å²) >= 11 is 3.14. The summed E-state index contributed by atoms with van der Waals surface area (Å²) in [5, 5.41) is 4.96. The standard InChI is InChI=1S/C17H21BrN2O5/c1-11-4-2-3-5-13(11)19-17(23)20-15(21)10-24-16(22)9-7-12-6-8-14(18)25-12/h6-9,11,13H,2-5,10H2,1H3,(H2,19,20,21,23)/b9-7+/t11-,13+/m1/s1. The summed E-state index contributed by atoms with van der Waals surface area (Å²) in [6.45, 7) is 1.55. The van der Waals surface area contributed by atoms with Crippen LogP contribution in [0.3, 0.4) is 0 Å². The number of hydrogen-bond acceptors (Lipinski definition) is 5. The second kappa shape index (κ2) is 9.41. The summed E-state index contributed by atoms with van der Waals surface area (Å²) in [5.74, 6) is -0.527. The molecule has 0 spiro atoms. The Kier molecular flexibility index (Phi) is 7.24. The normalized spacial score (nSPS) is 20.2. The number of nitrogens with one attached hydrogen (secondary N) is 2. The minimum absolute atomic E-state index is 0.0691. The van der Waals surface area contributed by atoms with E-state index in [-0.39, 0.29) is 6.04 Å². The Hall–Kier alpha value is -2.09. The minimum atomic E-state index is -0.705. The lowest BCUT2D eigenvalue weighted by molar-refractivity contribution is -0.143. The SMILES string of the molecule is C[C@@H]1CCCC[C@@H]1NC(=O)NC(=O)COC(=O)/C=C/c1ccc(Br)o1. The van der Waals surface area contributed by atoms with Crippen molar-refractivity contribution >= 4 is 39.9 Å². The van der Waals surface area contributed by atoms with Crippen LogP contribution in [0.2, 0.25) is 0 Å². The number of amides is 3. The first-order valence-corrected chi connectivity index (χ1v) is 8.94. The molecular formula is C17H21BrN2O5. The molecule has 8 heteroatoms. The van der Waals surface area contributed by atoms with Crippen LogP contribution in [0.15, 0.2) is 27.3 Å². The molecule has 1 aliphatic rings. The Labute approximate surface area is 154 Å². The van der Waals surface area contributed by atoms with E-state index in [0.29, 0.717) is 16.3 Å². The molecule has 1 fully saturated rings. The Morgan fingerprint density at radius 3 is 2.76 bits per heavy atom. The summed E-state index contributed by atoms with van der Waals surface area (Å²) in [7, 11) is 0. The fourth-order valence-electron chi connectivity index (χ4n) is 2.65. The fraction of sp³-hybridized carbons (Fsp3) is 0.471. The molecule has 25 heavy (non-hydrogen) atoms. The number of ether oxygens (including phenoxy) is 1. The van der Waals surface area contributed by atoms with Gasteiger partial charge in [-0.15, -0.1) is 0 Å². The van der Waals surface area contributed by atoms with E-state index in [4.69, 9.17) is 9.15 Å². The molecule has 2 N–H and O–H groups in total. The number of esters is 1. The van der Waals surface area contributed by atoms with Crippen LogP contribution < -0.4 is 10.6 Å². The average molecular weight is 413 g/mol. The van der Waals surface area contributed by atoms with Crippen molar-refractivity contribution in [2.75, 3.05) is 6.61 Å². The van der Waals surface area contributed by atoms with E-state index < -0.39 is 24.5 Å². The van der Waals surface area contributed by atoms with Crippen molar-refractivity contribution in [3.8, 4) is 0 Å². The molecule has 0 bridgehead atoms. The van der Waals surface area contributed by atoms with Crippen molar-refractivity contribution in [3.05, 3.63) is 28.6 Å². The monoisotopic (exact) mass is 412 g/mol. The lowest BCUT2D eigenvalue weighted by Gasteiger charge is -2.29. The van der Waals surface area contributed by atoms with Crippen molar-refractivity contribution in [1.29, 1.82) is 0 Å². The summed E-state index contributed by atoms with van der Waals surface area (Å²) in [6, 6.07) is 2.86. The van der Waals surface area contributed by atoms with E-state index in [1.807, 2.05) is 0 Å². The molecule has 0 aliphatic heterocycles. The van der Waals surface area contributed by atoms with Gasteiger partial charge in [0.25, 0.3) is 5.91 Å². The molecule has 0 unspecified atom stereocenters. The average Bonchev–Trinajstić information content (AvgIpc) is 2.98. The fourth-order valence-corrected chi connectivity index (χ4v) is 2.97. The molecule has 1 saturated carbocycles. The van der Waals surface area contributed by atoms with E-state index in [2.05, 4.69) is 33.5 Å². The molecular weight excluding hydrogens is 392 g/mol. The van der Waals surface area contributed by atoms with Crippen LogP contribution in [-0.4, -0.2) is 30.6 Å². The van der Waals surface area contributed by atoms with Crippen LogP contribution in [0, 0.1) is 5.92 Å². The van der Waals surface area contributed by atoms with Gasteiger partial charge in [0, 0.05) is 12.1 Å². The maximum Gasteiger partial charge on any atom is 0.331 e. The summed E-state index contributed by atoms with van der Waals surface area (Å²) in [5.41, 5.74) is 0. The summed E-state index contributed by atoms with van der Waals surface area (Å²) < 4.78 is 10.5. The van der Waals surface area contributed by atoms with E-state index in [9.17, 15) is 14.4 Å². The molecule has 7 nitrogen and oxygen atoms in total. The molecule has 136 valence electrons. The number of carbonyl (C=O) groups is 3. The van der Waals surface area contributed by atoms with E-state index in [0.717, 1.165) is 25.3 Å². The molecule has 3 amide bonds. The number of furan rings is 1. The Morgan fingerprint density at radius 2 is 2.08 bits per heavy atom. The lowest BCUT2D eigenvalue weighted by Crippen LogP contribution is -2.48. The Balaban J connectivity index is 1.68. The highest BCUT2D eigenvalue weighted by atomic mass is 79.9. The third-order valence-corrected chi connectivity index (χ3v) is 4.43. The van der Waals surface area contributed by atoms with Crippen molar-refractivity contribution in [2.24, 2.45) is 5.92 Å². The highest BCUT2D eigenvalue weighted by Gasteiger charge is 2.23. The van der Waals surface area contributed by atoms with Crippen LogP contribution in [0.1, 0.15) is 38.4 Å². The van der Waals surface area contributed by atoms with E-state index in [1.165, 1.54) is 12.5 Å². The van der Waals surface area contributed by atoms with Gasteiger partial charge < -0.3 is 14.5 Å². The van der Waals surface area contributed by atoms with Gasteiger partial charge in [-0.05, 0) is 52.9 Å². The zero-order valence-electron chi connectivity index (χ0n) is 13.9. The highest BCUT2D eigenvalue weighted by molar-refractivity contribution is 9.10. The topological polar surface area (TPSA) is 97.6 Å². The molecule has 0 aromatic carbocycles. The van der Waals surface area contributed by atoms with Gasteiger partial charge in [0.1, 0.15) is 5.76 Å². The number of carbonyl (C=O) groups excluding carboxylic acids is 3. The number of urea groups is 1. The van der Waals surface area contributed by atoms with Crippen molar-refractivity contribution < 1.29 is 23.5 Å². The lowest BCUT2D eigenvalue weighted by atomic mass is 9.86. The van der Waals surface area contributed by atoms with Crippen LogP contribution >= 0.6 is 15.9 Å². The third-order valence-electron chi connectivity index (χ3n) is 4.00. The predicted molar refractivity (Wildman–Crippen MR) is 94.5 cm³/mol. The molecule has 2 rings (SSSR count). The summed E-state index contributed by atoms with van der Waals surface area (Å²) in [4.78, 5) is 35.0. The summed E-state index contributed by atoms with van der Waals surface area (Å²) in [6.07, 6.45) is 6.77. The van der Waals surface area contributed by atoms with Gasteiger partial charge >= 0.3 is 12.0 Å². The van der Waals surface area contributed by atoms with Gasteiger partial charge in [-0.3, -0.25) is 10.1 Å². The van der Waals surface area contributed by atoms with E-state index in [1.54, 1.807) is 12.1 Å². The quantitative estimate of drug-likeness (QED) is 0.572. The second-order valence-electron chi connectivity index (χ2n) is 5.97. The molecule has 1 aromatic heterocycles. The largest absolute Gasteiger partial charge is 0.452 e. The molecule has 1 aromatic rings. The van der Waals surface area contributed by atoms with Gasteiger partial charge in [0.15, 0.2) is 11.3 Å². The smallest absolute Gasteiger partial charge is 0.331 e. The van der Waals surface area contributed by atoms with Crippen LogP contribution in [0.5, 0.6) is 0 Å². The molecule has 0 saturated heterocycles. The van der Waals surface area contributed by atoms with Crippen molar-refractivity contribution in [3.63, 3.8) is 0 Å². The first kappa shape index (κ1) is 19.2. The Bertz CT molecular complexity index is 655. The first-order chi connectivity index (χ1) is 11.9. The van der Waals surface area contributed by atoms with Crippen molar-refractivity contribution in [2.45, 2.75) is 38.6 Å². The highest BCUT2D eigenvalue weighted by Crippen LogP contribution is 2.23. The van der Waals surface area contributed by atoms with Crippen molar-refractivity contribution in [1.82, 2.24) is 10.6 Å². The number of rotatable bonds is 5. The van der Waals surface area contributed by atoms with E-state index >= 15 is 0 Å². The second-order valence-corrected chi connectivity index (χ2v) is 6.75. The third kappa shape index (κ3) is 6.74. The predicted octanol–water partition coefficient (Wildman–Crippen LogP) is 3.00. The van der Waals surface area contributed by atoms with Gasteiger partial charge in [0.2, 0.25) is 0 Å². The molecule has 2 atom stereocenters. The van der Waals surface area contributed by atoms with Crippen LogP contribution in [-0.2, 0) is 14.3 Å².